The molecule has 13 heteroatoms. The van der Waals surface area contributed by atoms with Gasteiger partial charge < -0.3 is 24.7 Å². The second kappa shape index (κ2) is 20.2. The van der Waals surface area contributed by atoms with Crippen molar-refractivity contribution in [1.29, 1.82) is 0 Å². The number of benzene rings is 2. The number of carbonyl (C=O) groups excluding carboxylic acids is 1. The van der Waals surface area contributed by atoms with Crippen molar-refractivity contribution in [2.75, 3.05) is 57.4 Å². The molecule has 0 bridgehead atoms. The fourth-order valence-electron chi connectivity index (χ4n) is 8.75. The fraction of sp³-hybridized carbons (Fsp3) is 0.489. The molecule has 3 unspecified atom stereocenters. The molecule has 0 saturated carbocycles. The molecule has 1 amide bonds. The van der Waals surface area contributed by atoms with Crippen molar-refractivity contribution < 1.29 is 19.2 Å². The number of anilines is 1. The Kier molecular flexibility index (Phi) is 14.6. The van der Waals surface area contributed by atoms with E-state index in [2.05, 4.69) is 74.0 Å². The third-order valence-corrected chi connectivity index (χ3v) is 13.2. The van der Waals surface area contributed by atoms with Crippen LogP contribution in [-0.2, 0) is 4.74 Å². The van der Waals surface area contributed by atoms with Crippen LogP contribution in [0.5, 0.6) is 11.5 Å². The van der Waals surface area contributed by atoms with E-state index in [0.717, 1.165) is 94.9 Å². The maximum atomic E-state index is 13.9. The van der Waals surface area contributed by atoms with Gasteiger partial charge in [0.25, 0.3) is 5.91 Å². The van der Waals surface area contributed by atoms with Crippen LogP contribution in [0.3, 0.4) is 0 Å². The number of pyridine rings is 1. The molecule has 2 aliphatic carbocycles. The van der Waals surface area contributed by atoms with Crippen molar-refractivity contribution in [2.45, 2.75) is 83.6 Å². The first-order valence-electron chi connectivity index (χ1n) is 21.7. The normalized spacial score (nSPS) is 22.3. The Morgan fingerprint density at radius 1 is 1.05 bits per heavy atom. The summed E-state index contributed by atoms with van der Waals surface area (Å²) in [5, 5.41) is 16.2. The van der Waals surface area contributed by atoms with Crippen LogP contribution in [0.25, 0.3) is 16.6 Å². The maximum absolute atomic E-state index is 13.9. The van der Waals surface area contributed by atoms with Gasteiger partial charge in [0.05, 0.1) is 17.8 Å². The molecule has 2 fully saturated rings. The van der Waals surface area contributed by atoms with Gasteiger partial charge >= 0.3 is 0 Å². The first-order chi connectivity index (χ1) is 29.2. The smallest absolute Gasteiger partial charge is 0.264 e. The van der Waals surface area contributed by atoms with Gasteiger partial charge in [-0.3, -0.25) is 24.5 Å². The largest absolute Gasteiger partial charge is 0.455 e. The van der Waals surface area contributed by atoms with Crippen LogP contribution < -0.4 is 19.7 Å². The van der Waals surface area contributed by atoms with Gasteiger partial charge in [0.15, 0.2) is 0 Å². The van der Waals surface area contributed by atoms with Crippen LogP contribution in [-0.4, -0.2) is 95.5 Å². The van der Waals surface area contributed by atoms with E-state index in [1.807, 2.05) is 62.5 Å². The molecule has 320 valence electrons. The summed E-state index contributed by atoms with van der Waals surface area (Å²) >= 11 is 1.21. The van der Waals surface area contributed by atoms with Crippen molar-refractivity contribution in [3.63, 3.8) is 0 Å². The van der Waals surface area contributed by atoms with E-state index >= 15 is 0 Å². The highest BCUT2D eigenvalue weighted by Crippen LogP contribution is 2.43. The predicted octanol–water partition coefficient (Wildman–Crippen LogP) is 8.90. The van der Waals surface area contributed by atoms with Crippen molar-refractivity contribution in [3.8, 4) is 11.5 Å². The summed E-state index contributed by atoms with van der Waals surface area (Å²) in [5.41, 5.74) is 6.86. The first-order valence-corrected chi connectivity index (χ1v) is 22.6. The minimum atomic E-state index is -0.786. The molecule has 3 N–H and O–H groups in total. The lowest BCUT2D eigenvalue weighted by Crippen LogP contribution is -2.48. The lowest BCUT2D eigenvalue weighted by molar-refractivity contribution is -0.526. The van der Waals surface area contributed by atoms with Crippen molar-refractivity contribution in [1.82, 2.24) is 24.9 Å². The van der Waals surface area contributed by atoms with E-state index in [1.165, 1.54) is 29.5 Å². The van der Waals surface area contributed by atoms with E-state index in [4.69, 9.17) is 9.47 Å². The Balaban J connectivity index is 0.00000268. The molecule has 60 heavy (non-hydrogen) atoms. The highest BCUT2D eigenvalue weighted by molar-refractivity contribution is 7.98. The van der Waals surface area contributed by atoms with E-state index in [1.54, 1.807) is 11.8 Å². The zero-order chi connectivity index (χ0) is 42.1. The molecule has 4 aromatic rings. The van der Waals surface area contributed by atoms with Gasteiger partial charge in [0.1, 0.15) is 17.1 Å². The quantitative estimate of drug-likeness (QED) is 0.0518. The minimum absolute atomic E-state index is 0.198. The number of fused-ring (bicyclic) bond motifs is 1. The predicted molar refractivity (Wildman–Crippen MR) is 242 cm³/mol. The zero-order valence-corrected chi connectivity index (χ0v) is 36.3. The summed E-state index contributed by atoms with van der Waals surface area (Å²) in [5.74, 6) is 1.09. The number of amides is 1. The monoisotopic (exact) mass is 835 g/mol. The molecular weight excluding hydrogens is 775 g/mol. The number of allylic oxidation sites excluding steroid dienone is 1. The molecule has 12 nitrogen and oxygen atoms in total. The topological polar surface area (TPSA) is 138 Å². The third kappa shape index (κ3) is 11.0. The SMILES string of the molecule is CC.CC1(C)CCC(CN2CCN(c3ccc(C(=O)NSC4C=CC(NCC5CCOCC5)C([N+](=O)[O-])C4)c(Oc4cnc5[nH]ccc5c4)c3)CC2)=C(c2ccccc2)C1. The molecule has 4 aliphatic rings. The Bertz CT molecular complexity index is 2120. The summed E-state index contributed by atoms with van der Waals surface area (Å²) in [6.07, 6.45) is 13.0. The zero-order valence-electron chi connectivity index (χ0n) is 35.5. The number of rotatable bonds is 13. The van der Waals surface area contributed by atoms with Gasteiger partial charge in [-0.2, -0.15) is 0 Å². The fourth-order valence-corrected chi connectivity index (χ4v) is 9.58. The van der Waals surface area contributed by atoms with Gasteiger partial charge in [-0.25, -0.2) is 4.98 Å². The summed E-state index contributed by atoms with van der Waals surface area (Å²) in [6, 6.07) is 19.4. The summed E-state index contributed by atoms with van der Waals surface area (Å²) in [6.45, 7) is 15.5. The van der Waals surface area contributed by atoms with Crippen molar-refractivity contribution in [3.05, 3.63) is 112 Å². The highest BCUT2D eigenvalue weighted by atomic mass is 32.2. The van der Waals surface area contributed by atoms with Gasteiger partial charge in [-0.15, -0.1) is 0 Å². The number of aromatic amines is 1. The first kappa shape index (κ1) is 43.4. The van der Waals surface area contributed by atoms with Gasteiger partial charge in [-0.05, 0) is 97.3 Å². The number of ether oxygens (including phenoxy) is 2. The second-order valence-electron chi connectivity index (χ2n) is 17.0. The number of H-pyrrole nitrogens is 1. The van der Waals surface area contributed by atoms with Crippen LogP contribution in [0.2, 0.25) is 0 Å². The van der Waals surface area contributed by atoms with Crippen LogP contribution in [0.4, 0.5) is 5.69 Å². The van der Waals surface area contributed by atoms with Crippen LogP contribution in [0.15, 0.2) is 90.8 Å². The molecule has 2 saturated heterocycles. The summed E-state index contributed by atoms with van der Waals surface area (Å²) in [4.78, 5) is 38.4. The molecule has 2 aromatic heterocycles. The Morgan fingerprint density at radius 2 is 1.83 bits per heavy atom. The van der Waals surface area contributed by atoms with Gasteiger partial charge in [0, 0.05) is 85.9 Å². The lowest BCUT2D eigenvalue weighted by Gasteiger charge is -2.39. The van der Waals surface area contributed by atoms with Gasteiger partial charge in [0.2, 0.25) is 6.04 Å². The molecular formula is C47H61N7O5S. The molecule has 2 aliphatic heterocycles. The second-order valence-corrected chi connectivity index (χ2v) is 18.0. The van der Waals surface area contributed by atoms with E-state index in [-0.39, 0.29) is 22.1 Å². The van der Waals surface area contributed by atoms with Crippen LogP contribution in [0.1, 0.15) is 82.1 Å². The molecule has 2 aromatic carbocycles. The average molecular weight is 836 g/mol. The van der Waals surface area contributed by atoms with Crippen molar-refractivity contribution >= 4 is 40.1 Å². The average Bonchev–Trinajstić information content (AvgIpc) is 3.75. The number of aromatic nitrogens is 2. The van der Waals surface area contributed by atoms with E-state index in [9.17, 15) is 14.9 Å². The Morgan fingerprint density at radius 3 is 2.60 bits per heavy atom. The number of hydrogen-bond donors (Lipinski definition) is 3. The van der Waals surface area contributed by atoms with E-state index in [0.29, 0.717) is 34.8 Å². The van der Waals surface area contributed by atoms with Gasteiger partial charge in [-0.1, -0.05) is 75.8 Å². The number of hydrogen-bond acceptors (Lipinski definition) is 10. The third-order valence-electron chi connectivity index (χ3n) is 12.3. The highest BCUT2D eigenvalue weighted by Gasteiger charge is 2.36. The molecule has 3 atom stereocenters. The summed E-state index contributed by atoms with van der Waals surface area (Å²) < 4.78 is 14.9. The molecule has 0 radical (unpaired) electrons. The molecule has 0 spiro atoms. The minimum Gasteiger partial charge on any atom is -0.455 e. The standard InChI is InChI=1S/C45H55N7O5S.C2H6/c1-45(2)16-12-34(39(27-45)32-6-4-3-5-7-32)30-50-18-20-51(21-19-50)35-8-10-38(42(25-35)57-36-24-33-13-17-46-43(33)48-29-36)44(53)49-58-37-9-11-40(41(26-37)52(54)55)47-28-31-14-22-56-23-15-31;1-2/h3-11,13,17,24-25,29,31,37,40-41,47H,12,14-16,18-23,26-28,30H2,1-2H3,(H,46,48)(H,49,53);1-2H3. The Labute approximate surface area is 358 Å². The lowest BCUT2D eigenvalue weighted by atomic mass is 9.72. The van der Waals surface area contributed by atoms with E-state index < -0.39 is 6.04 Å². The van der Waals surface area contributed by atoms with Crippen LogP contribution in [0, 0.1) is 21.4 Å². The molecule has 4 heterocycles. The number of nitro groups is 1. The number of piperazine rings is 1. The van der Waals surface area contributed by atoms with Crippen LogP contribution >= 0.6 is 11.9 Å². The molecule has 8 rings (SSSR count). The Hall–Kier alpha value is -4.69. The number of nitrogens with zero attached hydrogens (tertiary/aromatic N) is 4. The number of carbonyl (C=O) groups is 1. The maximum Gasteiger partial charge on any atom is 0.264 e. The van der Waals surface area contributed by atoms with Crippen molar-refractivity contribution in [2.24, 2.45) is 11.3 Å². The summed E-state index contributed by atoms with van der Waals surface area (Å²) in [7, 11) is 0. The number of nitrogens with one attached hydrogen (secondary N) is 3.